The van der Waals surface area contributed by atoms with E-state index >= 15 is 0 Å². The molecule has 0 saturated carbocycles. The minimum Gasteiger partial charge on any atom is -0.497 e. The average molecular weight is 482 g/mol. The van der Waals surface area contributed by atoms with Gasteiger partial charge in [-0.3, -0.25) is 18.9 Å². The first-order chi connectivity index (χ1) is 16.3. The topological polar surface area (TPSA) is 130 Å². The molecular weight excluding hydrogens is 458 g/mol. The molecule has 0 unspecified atom stereocenters. The Labute approximate surface area is 197 Å². The van der Waals surface area contributed by atoms with Gasteiger partial charge >= 0.3 is 0 Å². The maximum Gasteiger partial charge on any atom is 0.264 e. The van der Waals surface area contributed by atoms with Crippen LogP contribution in [-0.4, -0.2) is 45.1 Å². The number of nitrogens with one attached hydrogen (secondary N) is 2. The number of hydrogen-bond acceptors (Lipinski definition) is 7. The quantitative estimate of drug-likeness (QED) is 0.357. The first-order valence-electron chi connectivity index (χ1n) is 10.1. The lowest BCUT2D eigenvalue weighted by Crippen LogP contribution is -2.39. The molecule has 0 spiro atoms. The van der Waals surface area contributed by atoms with Crippen LogP contribution < -0.4 is 19.8 Å². The van der Waals surface area contributed by atoms with Gasteiger partial charge in [-0.05, 0) is 66.2 Å². The van der Waals surface area contributed by atoms with Gasteiger partial charge in [0.2, 0.25) is 5.91 Å². The molecule has 0 radical (unpaired) electrons. The summed E-state index contributed by atoms with van der Waals surface area (Å²) >= 11 is 0. The highest BCUT2D eigenvalue weighted by atomic mass is 32.2. The molecule has 1 heterocycles. The summed E-state index contributed by atoms with van der Waals surface area (Å²) in [6, 6.07) is 15.3. The number of methoxy groups -OCH3 is 1. The summed E-state index contributed by atoms with van der Waals surface area (Å²) in [5, 5.41) is 6.46. The molecule has 10 nitrogen and oxygen atoms in total. The number of anilines is 2. The van der Waals surface area contributed by atoms with E-state index in [9.17, 15) is 18.0 Å². The van der Waals surface area contributed by atoms with Gasteiger partial charge in [-0.15, -0.1) is 0 Å². The normalized spacial score (nSPS) is 11.1. The van der Waals surface area contributed by atoms with E-state index in [0.717, 1.165) is 4.31 Å². The lowest BCUT2D eigenvalue weighted by Gasteiger charge is -2.24. The number of pyridine rings is 1. The third-order valence-electron chi connectivity index (χ3n) is 4.52. The number of carbonyl (C=O) groups excluding carboxylic acids is 2. The number of hydrazone groups is 1. The second-order valence-electron chi connectivity index (χ2n) is 6.99. The molecule has 3 aromatic rings. The van der Waals surface area contributed by atoms with Crippen LogP contribution in [0, 0.1) is 0 Å². The van der Waals surface area contributed by atoms with Crippen molar-refractivity contribution in [2.45, 2.75) is 11.8 Å². The first-order valence-corrected chi connectivity index (χ1v) is 11.5. The van der Waals surface area contributed by atoms with Crippen molar-refractivity contribution in [3.63, 3.8) is 0 Å². The fourth-order valence-electron chi connectivity index (χ4n) is 2.90. The smallest absolute Gasteiger partial charge is 0.264 e. The van der Waals surface area contributed by atoms with Crippen molar-refractivity contribution in [1.29, 1.82) is 0 Å². The molecule has 2 N–H and O–H groups in total. The summed E-state index contributed by atoms with van der Waals surface area (Å²) in [4.78, 5) is 27.7. The fraction of sp³-hybridized carbons (Fsp3) is 0.130. The number of nitrogens with zero attached hydrogens (tertiary/aromatic N) is 3. The minimum absolute atomic E-state index is 0.0505. The highest BCUT2D eigenvalue weighted by Gasteiger charge is 2.27. The van der Waals surface area contributed by atoms with Crippen LogP contribution in [0.1, 0.15) is 12.5 Å². The molecule has 0 saturated heterocycles. The number of benzene rings is 2. The van der Waals surface area contributed by atoms with Crippen molar-refractivity contribution < 1.29 is 22.7 Å². The zero-order chi connectivity index (χ0) is 24.6. The van der Waals surface area contributed by atoms with Gasteiger partial charge in [0.25, 0.3) is 15.9 Å². The predicted octanol–water partition coefficient (Wildman–Crippen LogP) is 2.39. The molecule has 0 fully saturated rings. The molecule has 0 atom stereocenters. The monoisotopic (exact) mass is 481 g/mol. The zero-order valence-electron chi connectivity index (χ0n) is 18.5. The van der Waals surface area contributed by atoms with Gasteiger partial charge in [-0.25, -0.2) is 13.8 Å². The Balaban J connectivity index is 1.85. The number of aromatic nitrogens is 1. The third-order valence-corrected chi connectivity index (χ3v) is 6.31. The van der Waals surface area contributed by atoms with Crippen molar-refractivity contribution >= 4 is 39.4 Å². The lowest BCUT2D eigenvalue weighted by molar-refractivity contribution is -0.119. The minimum atomic E-state index is -4.13. The van der Waals surface area contributed by atoms with Crippen molar-refractivity contribution in [2.24, 2.45) is 5.10 Å². The Kier molecular flexibility index (Phi) is 7.93. The lowest BCUT2D eigenvalue weighted by atomic mass is 10.3. The second kappa shape index (κ2) is 11.1. The van der Waals surface area contributed by atoms with Gasteiger partial charge in [0, 0.05) is 25.0 Å². The van der Waals surface area contributed by atoms with E-state index in [2.05, 4.69) is 20.8 Å². The molecule has 0 aliphatic heterocycles. The number of ether oxygens (including phenoxy) is 1. The summed E-state index contributed by atoms with van der Waals surface area (Å²) < 4.78 is 33.0. The molecule has 34 heavy (non-hydrogen) atoms. The third kappa shape index (κ3) is 6.39. The molecule has 1 aromatic heterocycles. The number of rotatable bonds is 9. The van der Waals surface area contributed by atoms with Crippen LogP contribution in [0.2, 0.25) is 0 Å². The summed E-state index contributed by atoms with van der Waals surface area (Å²) in [6.07, 6.45) is 4.59. The van der Waals surface area contributed by atoms with Crippen LogP contribution >= 0.6 is 0 Å². The maximum absolute atomic E-state index is 13.4. The van der Waals surface area contributed by atoms with Crippen LogP contribution in [0.15, 0.2) is 83.1 Å². The Bertz CT molecular complexity index is 1260. The van der Waals surface area contributed by atoms with Gasteiger partial charge < -0.3 is 10.1 Å². The van der Waals surface area contributed by atoms with Crippen molar-refractivity contribution in [3.8, 4) is 5.75 Å². The van der Waals surface area contributed by atoms with E-state index in [0.29, 0.717) is 17.0 Å². The highest BCUT2D eigenvalue weighted by Crippen LogP contribution is 2.26. The van der Waals surface area contributed by atoms with Crippen LogP contribution in [0.3, 0.4) is 0 Å². The summed E-state index contributed by atoms with van der Waals surface area (Å²) in [7, 11) is -2.64. The predicted molar refractivity (Wildman–Crippen MR) is 128 cm³/mol. The van der Waals surface area contributed by atoms with Gasteiger partial charge in [-0.2, -0.15) is 5.10 Å². The van der Waals surface area contributed by atoms with E-state index < -0.39 is 22.5 Å². The molecule has 11 heteroatoms. The van der Waals surface area contributed by atoms with Gasteiger partial charge in [-0.1, -0.05) is 0 Å². The molecule has 3 rings (SSSR count). The molecule has 0 aliphatic carbocycles. The van der Waals surface area contributed by atoms with Crippen LogP contribution in [0.4, 0.5) is 11.4 Å². The highest BCUT2D eigenvalue weighted by molar-refractivity contribution is 7.92. The Morgan fingerprint density at radius 2 is 1.68 bits per heavy atom. The van der Waals surface area contributed by atoms with Crippen LogP contribution in [-0.2, 0) is 19.6 Å². The van der Waals surface area contributed by atoms with E-state index in [1.165, 1.54) is 56.6 Å². The van der Waals surface area contributed by atoms with Crippen LogP contribution in [0.25, 0.3) is 0 Å². The molecule has 2 aromatic carbocycles. The molecule has 176 valence electrons. The Hall–Kier alpha value is -4.25. The summed E-state index contributed by atoms with van der Waals surface area (Å²) in [5.74, 6) is -0.383. The van der Waals surface area contributed by atoms with Crippen LogP contribution in [0.5, 0.6) is 5.75 Å². The Morgan fingerprint density at radius 1 is 1.03 bits per heavy atom. The average Bonchev–Trinajstić information content (AvgIpc) is 2.83. The fourth-order valence-corrected chi connectivity index (χ4v) is 4.32. The molecule has 0 bridgehead atoms. The van der Waals surface area contributed by atoms with Gasteiger partial charge in [0.15, 0.2) is 0 Å². The number of amides is 2. The standard InChI is InChI=1S/C23H23N5O5S/c1-17(29)26-19-3-9-22(10-4-19)34(31,32)28(20-5-7-21(33-2)8-6-20)16-23(30)27-25-15-18-11-13-24-14-12-18/h3-15H,16H2,1-2H3,(H,26,29)(H,27,30)/b25-15-. The van der Waals surface area contributed by atoms with E-state index in [1.54, 1.807) is 36.7 Å². The van der Waals surface area contributed by atoms with Gasteiger partial charge in [0.1, 0.15) is 12.3 Å². The van der Waals surface area contributed by atoms with E-state index in [4.69, 9.17) is 4.74 Å². The maximum atomic E-state index is 13.4. The largest absolute Gasteiger partial charge is 0.497 e. The van der Waals surface area contributed by atoms with Crippen molar-refractivity contribution in [3.05, 3.63) is 78.6 Å². The summed E-state index contributed by atoms with van der Waals surface area (Å²) in [5.41, 5.74) is 3.77. The second-order valence-corrected chi connectivity index (χ2v) is 8.85. The van der Waals surface area contributed by atoms with Gasteiger partial charge in [0.05, 0.1) is 23.9 Å². The zero-order valence-corrected chi connectivity index (χ0v) is 19.3. The van der Waals surface area contributed by atoms with E-state index in [-0.39, 0.29) is 16.5 Å². The number of sulfonamides is 1. The van der Waals surface area contributed by atoms with Crippen molar-refractivity contribution in [1.82, 2.24) is 10.4 Å². The molecule has 0 aliphatic rings. The Morgan fingerprint density at radius 3 is 2.26 bits per heavy atom. The summed E-state index contributed by atoms with van der Waals surface area (Å²) in [6.45, 7) is 0.835. The molecule has 2 amide bonds. The number of carbonyl (C=O) groups is 2. The van der Waals surface area contributed by atoms with E-state index in [1.807, 2.05) is 0 Å². The van der Waals surface area contributed by atoms with Crippen molar-refractivity contribution in [2.75, 3.05) is 23.3 Å². The molecular formula is C23H23N5O5S. The SMILES string of the molecule is COc1ccc(N(CC(=O)N/N=C\c2ccncc2)S(=O)(=O)c2ccc(NC(C)=O)cc2)cc1. The first kappa shape index (κ1) is 24.4. The number of hydrogen-bond donors (Lipinski definition) is 2.